The average molecular weight is 803 g/mol. The first-order valence-electron chi connectivity index (χ1n) is 19.2. The van der Waals surface area contributed by atoms with Crippen LogP contribution in [0, 0.1) is 5.92 Å². The number of fused-ring (bicyclic) bond motifs is 2. The lowest BCUT2D eigenvalue weighted by Gasteiger charge is -2.29. The predicted molar refractivity (Wildman–Crippen MR) is 208 cm³/mol. The van der Waals surface area contributed by atoms with Gasteiger partial charge >= 0.3 is 18.4 Å². The number of rotatable bonds is 10. The molecule has 2 aromatic heterocycles. The molecule has 0 saturated carbocycles. The Morgan fingerprint density at radius 1 is 0.793 bits per heavy atom. The summed E-state index contributed by atoms with van der Waals surface area (Å²) in [5.41, 5.74) is 5.10. The van der Waals surface area contributed by atoms with Crippen molar-refractivity contribution in [2.24, 2.45) is 5.92 Å². The molecule has 4 N–H and O–H groups in total. The maximum absolute atomic E-state index is 13.6. The van der Waals surface area contributed by atoms with Crippen molar-refractivity contribution in [1.82, 2.24) is 40.4 Å². The number of hydrogen-bond acceptors (Lipinski definition) is 8. The Hall–Kier alpha value is -6.13. The first-order valence-corrected chi connectivity index (χ1v) is 19.2. The van der Waals surface area contributed by atoms with Crippen LogP contribution in [-0.2, 0) is 19.1 Å². The van der Waals surface area contributed by atoms with E-state index in [0.717, 1.165) is 58.4 Å². The van der Waals surface area contributed by atoms with Crippen LogP contribution in [0.4, 0.5) is 22.8 Å². The summed E-state index contributed by atoms with van der Waals surface area (Å²) in [6, 6.07) is 14.7. The van der Waals surface area contributed by atoms with Gasteiger partial charge in [0.05, 0.1) is 55.6 Å². The highest BCUT2D eigenvalue weighted by Gasteiger charge is 2.42. The van der Waals surface area contributed by atoms with Gasteiger partial charge in [-0.3, -0.25) is 9.59 Å². The second-order valence-electron chi connectivity index (χ2n) is 15.1. The minimum atomic E-state index is -4.68. The highest BCUT2D eigenvalue weighted by molar-refractivity contribution is 5.92. The smallest absolute Gasteiger partial charge is 0.407 e. The normalized spacial score (nSPS) is 18.1. The van der Waals surface area contributed by atoms with Crippen LogP contribution in [0.2, 0.25) is 0 Å². The summed E-state index contributed by atoms with van der Waals surface area (Å²) in [5, 5.41) is 6.68. The Bertz CT molecular complexity index is 2340. The number of nitrogens with zero attached hydrogens (tertiary/aromatic N) is 4. The van der Waals surface area contributed by atoms with E-state index in [4.69, 9.17) is 9.72 Å². The number of aromatic amines is 2. The van der Waals surface area contributed by atoms with Gasteiger partial charge in [0.2, 0.25) is 11.8 Å². The van der Waals surface area contributed by atoms with Crippen molar-refractivity contribution >= 4 is 45.8 Å². The number of nitrogens with one attached hydrogen (secondary N) is 4. The number of alkyl halides is 3. The molecule has 17 heteroatoms. The molecule has 3 aromatic carbocycles. The molecule has 0 aliphatic carbocycles. The zero-order valence-corrected chi connectivity index (χ0v) is 32.5. The number of amides is 4. The van der Waals surface area contributed by atoms with Gasteiger partial charge < -0.3 is 39.9 Å². The van der Waals surface area contributed by atoms with E-state index >= 15 is 0 Å². The number of halogens is 3. The van der Waals surface area contributed by atoms with Gasteiger partial charge in [0.15, 0.2) is 0 Å². The SMILES string of the molecule is COC(=O)NC(CC(F)(F)F)C(=O)N1CCCC1c1ncc(-c2ccc3cc(-c4ccc5nc(C6CCCN6C(=O)C(NC(=O)OC)C(C)C)[nH]c5c4)ccc3c2)[nH]1. The van der Waals surface area contributed by atoms with Crippen molar-refractivity contribution in [2.45, 2.75) is 76.3 Å². The lowest BCUT2D eigenvalue weighted by molar-refractivity contribution is -0.154. The van der Waals surface area contributed by atoms with Gasteiger partial charge in [-0.2, -0.15) is 13.2 Å². The summed E-state index contributed by atoms with van der Waals surface area (Å²) in [6.07, 6.45) is -3.72. The lowest BCUT2D eigenvalue weighted by atomic mass is 9.99. The third-order valence-corrected chi connectivity index (χ3v) is 10.9. The van der Waals surface area contributed by atoms with E-state index < -0.39 is 48.8 Å². The number of aromatic nitrogens is 4. The fraction of sp³-hybridized carbons (Fsp3) is 0.415. The molecule has 0 radical (unpaired) electrons. The molecule has 58 heavy (non-hydrogen) atoms. The Morgan fingerprint density at radius 2 is 1.38 bits per heavy atom. The van der Waals surface area contributed by atoms with Crippen molar-refractivity contribution in [2.75, 3.05) is 27.3 Å². The number of H-pyrrole nitrogens is 2. The number of alkyl carbamates (subject to hydrolysis) is 2. The molecular weight excluding hydrogens is 757 g/mol. The molecule has 2 aliphatic heterocycles. The number of likely N-dealkylation sites (tertiary alicyclic amines) is 2. The van der Waals surface area contributed by atoms with Crippen molar-refractivity contribution < 1.29 is 41.8 Å². The zero-order chi connectivity index (χ0) is 41.3. The third kappa shape index (κ3) is 8.43. The van der Waals surface area contributed by atoms with Gasteiger partial charge in [0, 0.05) is 18.7 Å². The Morgan fingerprint density at radius 3 is 2.03 bits per heavy atom. The molecule has 2 saturated heterocycles. The van der Waals surface area contributed by atoms with Crippen molar-refractivity contribution in [3.63, 3.8) is 0 Å². The molecule has 2 aliphatic rings. The van der Waals surface area contributed by atoms with Crippen LogP contribution >= 0.6 is 0 Å². The van der Waals surface area contributed by atoms with E-state index in [1.807, 2.05) is 67.7 Å². The van der Waals surface area contributed by atoms with Crippen LogP contribution in [0.3, 0.4) is 0 Å². The van der Waals surface area contributed by atoms with Crippen molar-refractivity contribution in [1.29, 1.82) is 0 Å². The van der Waals surface area contributed by atoms with Gasteiger partial charge in [-0.25, -0.2) is 19.6 Å². The summed E-state index contributed by atoms with van der Waals surface area (Å²) < 4.78 is 49.2. The minimum Gasteiger partial charge on any atom is -0.453 e. The molecule has 4 heterocycles. The van der Waals surface area contributed by atoms with E-state index in [2.05, 4.69) is 31.1 Å². The number of methoxy groups -OCH3 is 2. The van der Waals surface area contributed by atoms with Gasteiger partial charge in [-0.1, -0.05) is 44.2 Å². The molecule has 4 atom stereocenters. The summed E-state index contributed by atoms with van der Waals surface area (Å²) in [7, 11) is 2.29. The summed E-state index contributed by atoms with van der Waals surface area (Å²) in [5.74, 6) is -0.0192. The number of carbonyl (C=O) groups is 4. The molecule has 0 bridgehead atoms. The number of benzene rings is 3. The van der Waals surface area contributed by atoms with Crippen LogP contribution in [0.1, 0.15) is 69.7 Å². The second kappa shape index (κ2) is 16.4. The highest BCUT2D eigenvalue weighted by atomic mass is 19.4. The van der Waals surface area contributed by atoms with Crippen LogP contribution in [-0.4, -0.2) is 99.3 Å². The van der Waals surface area contributed by atoms with Crippen molar-refractivity contribution in [3.05, 3.63) is 72.4 Å². The third-order valence-electron chi connectivity index (χ3n) is 10.9. The monoisotopic (exact) mass is 802 g/mol. The van der Waals surface area contributed by atoms with E-state index in [-0.39, 0.29) is 24.4 Å². The molecule has 4 amide bonds. The summed E-state index contributed by atoms with van der Waals surface area (Å²) >= 11 is 0. The average Bonchev–Trinajstić information content (AvgIpc) is 4.04. The van der Waals surface area contributed by atoms with Crippen LogP contribution in [0.15, 0.2) is 60.8 Å². The molecule has 2 fully saturated rings. The first kappa shape index (κ1) is 40.1. The maximum Gasteiger partial charge on any atom is 0.407 e. The number of imidazole rings is 2. The van der Waals surface area contributed by atoms with Gasteiger partial charge in [-0.05, 0) is 77.8 Å². The molecule has 5 aromatic rings. The predicted octanol–water partition coefficient (Wildman–Crippen LogP) is 7.16. The zero-order valence-electron chi connectivity index (χ0n) is 32.5. The molecule has 306 valence electrons. The van der Waals surface area contributed by atoms with Gasteiger partial charge in [0.25, 0.3) is 0 Å². The molecule has 14 nitrogen and oxygen atoms in total. The van der Waals surface area contributed by atoms with Gasteiger partial charge in [0.1, 0.15) is 23.7 Å². The van der Waals surface area contributed by atoms with Crippen LogP contribution < -0.4 is 10.6 Å². The van der Waals surface area contributed by atoms with E-state index in [0.29, 0.717) is 36.7 Å². The second-order valence-corrected chi connectivity index (χ2v) is 15.1. The van der Waals surface area contributed by atoms with Crippen LogP contribution in [0.25, 0.3) is 44.2 Å². The largest absolute Gasteiger partial charge is 0.453 e. The maximum atomic E-state index is 13.6. The number of ether oxygens (including phenoxy) is 2. The molecule has 4 unspecified atom stereocenters. The standard InChI is InChI=1S/C41H45F3N8O6/c1-22(2)34(50-40(56)58-4)38(54)52-16-6-8-33(52)36-46-28-14-13-26(19-29(28)47-36)24-9-10-25-18-27(12-11-23(25)17-24)31-21-45-35(48-31)32-7-5-15-51(32)37(53)30(20-41(42,43)44)49-39(55)57-3/h9-14,17-19,21-22,30,32-34H,5-8,15-16,20H2,1-4H3,(H,45,48)(H,46,47)(H,49,55)(H,50,56). The minimum absolute atomic E-state index is 0.136. The Labute approximate surface area is 331 Å². The fourth-order valence-corrected chi connectivity index (χ4v) is 7.95. The topological polar surface area (TPSA) is 175 Å². The van der Waals surface area contributed by atoms with Crippen LogP contribution in [0.5, 0.6) is 0 Å². The highest BCUT2D eigenvalue weighted by Crippen LogP contribution is 2.36. The lowest BCUT2D eigenvalue weighted by Crippen LogP contribution is -2.51. The number of carbonyl (C=O) groups excluding carboxylic acids is 4. The van der Waals surface area contributed by atoms with E-state index in [1.165, 1.54) is 12.0 Å². The van der Waals surface area contributed by atoms with E-state index in [9.17, 15) is 32.3 Å². The Kier molecular flexibility index (Phi) is 11.3. The van der Waals surface area contributed by atoms with Crippen molar-refractivity contribution in [3.8, 4) is 22.4 Å². The van der Waals surface area contributed by atoms with E-state index in [1.54, 1.807) is 11.1 Å². The molecular formula is C41H45F3N8O6. The summed E-state index contributed by atoms with van der Waals surface area (Å²) in [6.45, 7) is 4.54. The number of hydrogen-bond donors (Lipinski definition) is 4. The Balaban J connectivity index is 1.07. The summed E-state index contributed by atoms with van der Waals surface area (Å²) in [4.78, 5) is 69.9. The van der Waals surface area contributed by atoms with Gasteiger partial charge in [-0.15, -0.1) is 0 Å². The molecule has 0 spiro atoms. The fourth-order valence-electron chi connectivity index (χ4n) is 7.95. The first-order chi connectivity index (χ1) is 27.7. The quantitative estimate of drug-likeness (QED) is 0.115. The molecule has 7 rings (SSSR count).